The van der Waals surface area contributed by atoms with Crippen LogP contribution < -0.4 is 5.32 Å². The van der Waals surface area contributed by atoms with Crippen LogP contribution in [-0.2, 0) is 27.1 Å². The summed E-state index contributed by atoms with van der Waals surface area (Å²) in [5, 5.41) is 11.6. The normalized spacial score (nSPS) is 14.6. The van der Waals surface area contributed by atoms with E-state index in [1.54, 1.807) is 28.0 Å². The molecule has 0 atom stereocenters. The average Bonchev–Trinajstić information content (AvgIpc) is 3.38. The Labute approximate surface area is 181 Å². The largest absolute Gasteiger partial charge is 0.348 e. The minimum absolute atomic E-state index is 0.0327. The first-order valence-electron chi connectivity index (χ1n) is 10.6. The maximum Gasteiger partial charge on any atom is 0.257 e. The van der Waals surface area contributed by atoms with Gasteiger partial charge in [0.15, 0.2) is 0 Å². The summed E-state index contributed by atoms with van der Waals surface area (Å²) in [6.07, 6.45) is 7.69. The molecule has 0 saturated carbocycles. The van der Waals surface area contributed by atoms with Crippen molar-refractivity contribution in [1.82, 2.24) is 29.8 Å². The highest BCUT2D eigenvalue weighted by molar-refractivity contribution is 5.95. The van der Waals surface area contributed by atoms with Gasteiger partial charge in [0, 0.05) is 46.1 Å². The van der Waals surface area contributed by atoms with Crippen LogP contribution in [0.2, 0.25) is 0 Å². The van der Waals surface area contributed by atoms with Crippen LogP contribution >= 0.6 is 0 Å². The molecule has 1 N–H and O–H groups in total. The molecule has 0 aliphatic carbocycles. The van der Waals surface area contributed by atoms with Gasteiger partial charge in [0.25, 0.3) is 11.8 Å². The molecular weight excluding hydrogens is 392 g/mol. The third-order valence-corrected chi connectivity index (χ3v) is 5.78. The number of rotatable bonds is 6. The first kappa shape index (κ1) is 20.8. The van der Waals surface area contributed by atoms with E-state index in [1.807, 2.05) is 49.3 Å². The Hall–Kier alpha value is -3.42. The van der Waals surface area contributed by atoms with Crippen molar-refractivity contribution in [3.05, 3.63) is 71.3 Å². The Morgan fingerprint density at radius 1 is 1.06 bits per heavy atom. The minimum Gasteiger partial charge on any atom is -0.348 e. The lowest BCUT2D eigenvalue weighted by Crippen LogP contribution is -2.39. The minimum atomic E-state index is -0.101. The molecule has 1 saturated heterocycles. The lowest BCUT2D eigenvalue weighted by atomic mass is 9.91. The molecule has 0 radical (unpaired) electrons. The number of piperidine rings is 1. The van der Waals surface area contributed by atoms with Gasteiger partial charge in [-0.3, -0.25) is 19.0 Å². The number of benzene rings is 1. The van der Waals surface area contributed by atoms with E-state index >= 15 is 0 Å². The number of carbonyl (C=O) groups is 2. The second-order valence-electron chi connectivity index (χ2n) is 8.17. The van der Waals surface area contributed by atoms with Crippen LogP contribution in [-0.4, -0.2) is 49.4 Å². The SMILES string of the molecule is Cn1cc(C(=O)N2CCC(Cc3nn(C)cc3C(=O)NCc3ccccc3)CC2)cn1. The van der Waals surface area contributed by atoms with Crippen molar-refractivity contribution in [2.45, 2.75) is 25.8 Å². The van der Waals surface area contributed by atoms with Crippen LogP contribution in [0.4, 0.5) is 0 Å². The summed E-state index contributed by atoms with van der Waals surface area (Å²) in [6, 6.07) is 9.86. The fraction of sp³-hybridized carbons (Fsp3) is 0.391. The first-order chi connectivity index (χ1) is 15.0. The molecule has 31 heavy (non-hydrogen) atoms. The summed E-state index contributed by atoms with van der Waals surface area (Å²) in [5.74, 6) is 0.329. The summed E-state index contributed by atoms with van der Waals surface area (Å²) < 4.78 is 3.35. The number of aryl methyl sites for hydroxylation is 2. The van der Waals surface area contributed by atoms with Crippen molar-refractivity contribution in [2.24, 2.45) is 20.0 Å². The van der Waals surface area contributed by atoms with E-state index in [9.17, 15) is 9.59 Å². The Kier molecular flexibility index (Phi) is 6.16. The van der Waals surface area contributed by atoms with E-state index < -0.39 is 0 Å². The van der Waals surface area contributed by atoms with E-state index in [-0.39, 0.29) is 11.8 Å². The van der Waals surface area contributed by atoms with Crippen molar-refractivity contribution in [3.63, 3.8) is 0 Å². The van der Waals surface area contributed by atoms with Crippen LogP contribution in [0.3, 0.4) is 0 Å². The summed E-state index contributed by atoms with van der Waals surface area (Å²) >= 11 is 0. The lowest BCUT2D eigenvalue weighted by Gasteiger charge is -2.31. The number of nitrogens with zero attached hydrogens (tertiary/aromatic N) is 5. The molecule has 1 aliphatic rings. The zero-order valence-corrected chi connectivity index (χ0v) is 18.0. The zero-order valence-electron chi connectivity index (χ0n) is 18.0. The van der Waals surface area contributed by atoms with Crippen molar-refractivity contribution >= 4 is 11.8 Å². The van der Waals surface area contributed by atoms with E-state index in [4.69, 9.17) is 0 Å². The summed E-state index contributed by atoms with van der Waals surface area (Å²) in [7, 11) is 3.65. The zero-order chi connectivity index (χ0) is 21.8. The Bertz CT molecular complexity index is 1050. The van der Waals surface area contributed by atoms with Crippen molar-refractivity contribution in [3.8, 4) is 0 Å². The molecule has 4 rings (SSSR count). The standard InChI is InChI=1S/C23H28N6O2/c1-27-15-19(14-25-27)23(31)29-10-8-17(9-11-29)12-21-20(16-28(2)26-21)22(30)24-13-18-6-4-3-5-7-18/h3-7,14-17H,8-13H2,1-2H3,(H,24,30). The van der Waals surface area contributed by atoms with Crippen molar-refractivity contribution < 1.29 is 9.59 Å². The number of amides is 2. The highest BCUT2D eigenvalue weighted by Gasteiger charge is 2.26. The molecule has 8 heteroatoms. The predicted octanol–water partition coefficient (Wildman–Crippen LogP) is 2.18. The van der Waals surface area contributed by atoms with E-state index in [1.165, 1.54) is 0 Å². The number of carbonyl (C=O) groups excluding carboxylic acids is 2. The fourth-order valence-electron chi connectivity index (χ4n) is 4.08. The molecule has 0 bridgehead atoms. The Morgan fingerprint density at radius 3 is 2.48 bits per heavy atom. The smallest absolute Gasteiger partial charge is 0.257 e. The van der Waals surface area contributed by atoms with Crippen LogP contribution in [0.25, 0.3) is 0 Å². The molecule has 0 unspecified atom stereocenters. The first-order valence-corrected chi connectivity index (χ1v) is 10.6. The topological polar surface area (TPSA) is 85.0 Å². The third kappa shape index (κ3) is 5.02. The van der Waals surface area contributed by atoms with Gasteiger partial charge >= 0.3 is 0 Å². The average molecular weight is 421 g/mol. The molecule has 162 valence electrons. The van der Waals surface area contributed by atoms with Crippen LogP contribution in [0.15, 0.2) is 48.9 Å². The van der Waals surface area contributed by atoms with Gasteiger partial charge in [-0.25, -0.2) is 0 Å². The van der Waals surface area contributed by atoms with Crippen molar-refractivity contribution in [2.75, 3.05) is 13.1 Å². The second kappa shape index (κ2) is 9.16. The van der Waals surface area contributed by atoms with Gasteiger partial charge in [-0.05, 0) is 30.7 Å². The van der Waals surface area contributed by atoms with Gasteiger partial charge in [0.2, 0.25) is 0 Å². The Balaban J connectivity index is 1.34. The predicted molar refractivity (Wildman–Crippen MR) is 116 cm³/mol. The van der Waals surface area contributed by atoms with Gasteiger partial charge in [-0.15, -0.1) is 0 Å². The highest BCUT2D eigenvalue weighted by Crippen LogP contribution is 2.24. The monoisotopic (exact) mass is 420 g/mol. The molecule has 1 aliphatic heterocycles. The molecule has 3 heterocycles. The Morgan fingerprint density at radius 2 is 1.81 bits per heavy atom. The van der Waals surface area contributed by atoms with Crippen LogP contribution in [0.5, 0.6) is 0 Å². The molecule has 8 nitrogen and oxygen atoms in total. The van der Waals surface area contributed by atoms with E-state index in [0.29, 0.717) is 36.7 Å². The summed E-state index contributed by atoms with van der Waals surface area (Å²) in [4.78, 5) is 27.3. The van der Waals surface area contributed by atoms with Gasteiger partial charge in [0.05, 0.1) is 23.0 Å². The van der Waals surface area contributed by atoms with Crippen molar-refractivity contribution in [1.29, 1.82) is 0 Å². The number of hydrogen-bond donors (Lipinski definition) is 1. The van der Waals surface area contributed by atoms with Crippen LogP contribution in [0, 0.1) is 5.92 Å². The molecule has 2 aromatic heterocycles. The number of hydrogen-bond acceptors (Lipinski definition) is 4. The van der Waals surface area contributed by atoms with Gasteiger partial charge < -0.3 is 10.2 Å². The molecule has 2 amide bonds. The van der Waals surface area contributed by atoms with E-state index in [0.717, 1.165) is 30.5 Å². The quantitative estimate of drug-likeness (QED) is 0.662. The molecular formula is C23H28N6O2. The number of nitrogens with one attached hydrogen (secondary N) is 1. The number of likely N-dealkylation sites (tertiary alicyclic amines) is 1. The van der Waals surface area contributed by atoms with Gasteiger partial charge in [-0.1, -0.05) is 30.3 Å². The van der Waals surface area contributed by atoms with Crippen LogP contribution in [0.1, 0.15) is 44.8 Å². The van der Waals surface area contributed by atoms with Gasteiger partial charge in [-0.2, -0.15) is 10.2 Å². The summed E-state index contributed by atoms with van der Waals surface area (Å²) in [6.45, 7) is 1.91. The lowest BCUT2D eigenvalue weighted by molar-refractivity contribution is 0.0690. The molecule has 1 aromatic carbocycles. The maximum absolute atomic E-state index is 12.8. The summed E-state index contributed by atoms with van der Waals surface area (Å²) in [5.41, 5.74) is 3.15. The fourth-order valence-corrected chi connectivity index (χ4v) is 4.08. The molecule has 1 fully saturated rings. The second-order valence-corrected chi connectivity index (χ2v) is 8.17. The third-order valence-electron chi connectivity index (χ3n) is 5.78. The maximum atomic E-state index is 12.8. The highest BCUT2D eigenvalue weighted by atomic mass is 16.2. The number of aromatic nitrogens is 4. The molecule has 3 aromatic rings. The van der Waals surface area contributed by atoms with Gasteiger partial charge in [0.1, 0.15) is 0 Å². The molecule has 0 spiro atoms. The van der Waals surface area contributed by atoms with E-state index in [2.05, 4.69) is 15.5 Å².